The molecule has 580 valence electrons. The van der Waals surface area contributed by atoms with Crippen molar-refractivity contribution >= 4 is 46.8 Å². The SMILES string of the molecule is CC1=C(OCc2ccccc2)C(=O)OC1C(O)CO.CCCCC(CC)CN(CC(CC)CCCC)c1ccc(C(=O)c2ccccc2C(=O)O)c(O)c1.CCCCC(CC)CN(CC(CC)CCCC)c1ccc(C(=O)c2ccccc2C(=O)OC[C@H](O)[C@H]2OC(=O)C(C)=C2OCc2ccccc2)c(O)c1. The molecule has 0 saturated heterocycles. The number of rotatable bonds is 43. The van der Waals surface area contributed by atoms with Crippen LogP contribution in [0.1, 0.15) is 236 Å². The van der Waals surface area contributed by atoms with E-state index in [2.05, 4.69) is 65.2 Å². The van der Waals surface area contributed by atoms with E-state index in [0.717, 1.165) is 100 Å². The molecule has 107 heavy (non-hydrogen) atoms. The molecule has 6 aromatic rings. The molecule has 19 nitrogen and oxygen atoms in total. The molecule has 2 aliphatic rings. The summed E-state index contributed by atoms with van der Waals surface area (Å²) in [5, 5.41) is 61.0. The Morgan fingerprint density at radius 1 is 0.467 bits per heavy atom. The fourth-order valence-electron chi connectivity index (χ4n) is 13.3. The summed E-state index contributed by atoms with van der Waals surface area (Å²) >= 11 is 0. The lowest BCUT2D eigenvalue weighted by Gasteiger charge is -2.33. The number of aliphatic hydroxyl groups excluding tert-OH is 3. The zero-order valence-corrected chi connectivity index (χ0v) is 64.5. The highest BCUT2D eigenvalue weighted by Gasteiger charge is 2.40. The number of hydrogen-bond donors (Lipinski definition) is 6. The first-order valence-corrected chi connectivity index (χ1v) is 38.6. The lowest BCUT2D eigenvalue weighted by atomic mass is 9.94. The van der Waals surface area contributed by atoms with Gasteiger partial charge in [-0.2, -0.15) is 0 Å². The number of aromatic carboxylic acids is 1. The number of ether oxygens (including phenoxy) is 5. The van der Waals surface area contributed by atoms with Gasteiger partial charge in [0.15, 0.2) is 29.5 Å². The van der Waals surface area contributed by atoms with Crippen LogP contribution < -0.4 is 9.80 Å². The number of carboxylic acid groups (broad SMARTS) is 1. The summed E-state index contributed by atoms with van der Waals surface area (Å²) in [7, 11) is 0. The standard InChI is InChI=1S/C44H57NO8.C30H43NO4.C14H16O5/c1-6-10-17-31(8-3)26-45(27-32(9-4)18-11-7-2)34-23-24-37(38(46)25-34)40(48)35-21-15-16-22-36(35)44(50)52-29-39(47)42-41(30(5)43(49)53-42)51-28-33-19-13-12-14-20-33;1-5-9-13-22(7-3)20-31(21-23(8-4)14-10-6-2)24-17-18-27(28(32)19-24)29(33)25-15-11-12-16-26(25)30(34)35;1-9-12(11(16)7-15)19-14(17)13(9)18-8-10-5-3-2-4-6-10/h12-16,19-25,31-32,39,42,46-47H,6-11,17-18,26-29H2,1-5H3;11-12,15-19,22-23,32H,5-10,13-14,20-21H2,1-4H3,(H,34,35);2-6,11-12,15-16H,7-8H2,1H3/t31?,32?,39-,42+;;/m0../s1. The zero-order valence-electron chi connectivity index (χ0n) is 64.5. The Morgan fingerprint density at radius 3 is 1.24 bits per heavy atom. The Kier molecular flexibility index (Phi) is 36.7. The van der Waals surface area contributed by atoms with Crippen molar-refractivity contribution in [3.05, 3.63) is 213 Å². The fraction of sp³-hybridized carbons (Fsp3) is 0.477. The maximum atomic E-state index is 13.9. The number of nitrogens with zero attached hydrogens (tertiary/aromatic N) is 2. The Bertz CT molecular complexity index is 3820. The van der Waals surface area contributed by atoms with Crippen LogP contribution in [0.2, 0.25) is 0 Å². The van der Waals surface area contributed by atoms with Crippen LogP contribution in [0.15, 0.2) is 168 Å². The van der Waals surface area contributed by atoms with Crippen LogP contribution in [0.4, 0.5) is 11.4 Å². The van der Waals surface area contributed by atoms with E-state index in [4.69, 9.17) is 28.8 Å². The van der Waals surface area contributed by atoms with Crippen LogP contribution in [-0.2, 0) is 46.5 Å². The number of unbranched alkanes of at least 4 members (excludes halogenated alkanes) is 4. The highest BCUT2D eigenvalue weighted by atomic mass is 16.6. The molecule has 6 N–H and O–H groups in total. The van der Waals surface area contributed by atoms with Crippen LogP contribution in [0.5, 0.6) is 11.5 Å². The molecule has 6 unspecified atom stereocenters. The number of phenols is 2. The van der Waals surface area contributed by atoms with Gasteiger partial charge in [-0.25, -0.2) is 19.2 Å². The van der Waals surface area contributed by atoms with Gasteiger partial charge in [-0.3, -0.25) is 9.59 Å². The smallest absolute Gasteiger partial charge is 0.374 e. The van der Waals surface area contributed by atoms with Crippen molar-refractivity contribution in [2.45, 2.75) is 210 Å². The molecule has 0 spiro atoms. The quantitative estimate of drug-likeness (QED) is 0.0118. The van der Waals surface area contributed by atoms with E-state index in [9.17, 15) is 54.3 Å². The normalized spacial score (nSPS) is 15.6. The van der Waals surface area contributed by atoms with Crippen molar-refractivity contribution in [2.24, 2.45) is 23.7 Å². The number of aliphatic hydroxyl groups is 3. The third-order valence-corrected chi connectivity index (χ3v) is 20.2. The van der Waals surface area contributed by atoms with E-state index in [0.29, 0.717) is 29.2 Å². The van der Waals surface area contributed by atoms with Crippen molar-refractivity contribution in [3.8, 4) is 11.5 Å². The lowest BCUT2D eigenvalue weighted by Crippen LogP contribution is -2.34. The van der Waals surface area contributed by atoms with E-state index in [1.165, 1.54) is 75.6 Å². The van der Waals surface area contributed by atoms with E-state index >= 15 is 0 Å². The van der Waals surface area contributed by atoms with Crippen molar-refractivity contribution in [1.82, 2.24) is 0 Å². The van der Waals surface area contributed by atoms with Crippen LogP contribution >= 0.6 is 0 Å². The maximum absolute atomic E-state index is 13.9. The molecule has 0 amide bonds. The minimum Gasteiger partial charge on any atom is -0.507 e. The molecule has 8 atom stereocenters. The molecule has 0 radical (unpaired) electrons. The van der Waals surface area contributed by atoms with Crippen molar-refractivity contribution in [1.29, 1.82) is 0 Å². The largest absolute Gasteiger partial charge is 0.507 e. The van der Waals surface area contributed by atoms with Gasteiger partial charge in [-0.05, 0) is 111 Å². The first kappa shape index (κ1) is 86.6. The number of carbonyl (C=O) groups excluding carboxylic acids is 5. The van der Waals surface area contributed by atoms with Crippen molar-refractivity contribution in [2.75, 3.05) is 49.2 Å². The average molecular weight is 1470 g/mol. The number of ketones is 2. The van der Waals surface area contributed by atoms with Gasteiger partial charge in [0, 0.05) is 66.4 Å². The lowest BCUT2D eigenvalue weighted by molar-refractivity contribution is -0.148. The fourth-order valence-corrected chi connectivity index (χ4v) is 13.3. The number of anilines is 2. The number of benzene rings is 6. The third-order valence-electron chi connectivity index (χ3n) is 20.2. The van der Waals surface area contributed by atoms with Crippen LogP contribution in [-0.4, -0.2) is 130 Å². The summed E-state index contributed by atoms with van der Waals surface area (Å²) in [6, 6.07) is 41.5. The number of hydrogen-bond acceptors (Lipinski definition) is 18. The summed E-state index contributed by atoms with van der Waals surface area (Å²) < 4.78 is 27.1. The second kappa shape index (κ2) is 45.4. The van der Waals surface area contributed by atoms with Gasteiger partial charge in [0.25, 0.3) is 0 Å². The molecule has 0 bridgehead atoms. The Morgan fingerprint density at radius 2 is 0.850 bits per heavy atom. The van der Waals surface area contributed by atoms with E-state index in [1.54, 1.807) is 62.4 Å². The van der Waals surface area contributed by atoms with Crippen LogP contribution in [0, 0.1) is 23.7 Å². The number of esters is 3. The predicted molar refractivity (Wildman–Crippen MR) is 418 cm³/mol. The van der Waals surface area contributed by atoms with Crippen molar-refractivity contribution < 1.29 is 83.1 Å². The first-order valence-electron chi connectivity index (χ1n) is 38.6. The molecular formula is C88H116N2O17. The van der Waals surface area contributed by atoms with E-state index in [-0.39, 0.29) is 75.2 Å². The number of aromatic hydroxyl groups is 2. The van der Waals surface area contributed by atoms with E-state index in [1.807, 2.05) is 72.8 Å². The Labute approximate surface area is 633 Å². The highest BCUT2D eigenvalue weighted by molar-refractivity contribution is 6.16. The molecule has 0 aromatic heterocycles. The summed E-state index contributed by atoms with van der Waals surface area (Å²) in [6.45, 7) is 24.0. The molecule has 2 aliphatic heterocycles. The van der Waals surface area contributed by atoms with Gasteiger partial charge < -0.3 is 64.1 Å². The Balaban J connectivity index is 0.000000282. The third kappa shape index (κ3) is 25.7. The molecule has 19 heteroatoms. The molecule has 0 saturated carbocycles. The first-order chi connectivity index (χ1) is 51.6. The van der Waals surface area contributed by atoms with Gasteiger partial charge in [-0.15, -0.1) is 0 Å². The predicted octanol–water partition coefficient (Wildman–Crippen LogP) is 17.1. The monoisotopic (exact) mass is 1470 g/mol. The topological polar surface area (TPSA) is 276 Å². The number of carbonyl (C=O) groups is 6. The van der Waals surface area contributed by atoms with Gasteiger partial charge in [0.05, 0.1) is 34.4 Å². The molecule has 0 aliphatic carbocycles. The number of phenolic OH excluding ortho intramolecular Hbond substituents is 2. The van der Waals surface area contributed by atoms with E-state index < -0.39 is 73.1 Å². The molecule has 0 fully saturated rings. The molecular weight excluding hydrogens is 1360 g/mol. The second-order valence-electron chi connectivity index (χ2n) is 28.1. The molecule has 6 aromatic carbocycles. The minimum atomic E-state index is -1.42. The molecule has 8 rings (SSSR count). The zero-order chi connectivity index (χ0) is 78.0. The summed E-state index contributed by atoms with van der Waals surface area (Å²) in [4.78, 5) is 80.7. The number of carboxylic acids is 1. The second-order valence-corrected chi connectivity index (χ2v) is 28.1. The highest BCUT2D eigenvalue weighted by Crippen LogP contribution is 2.35. The van der Waals surface area contributed by atoms with Gasteiger partial charge in [0.2, 0.25) is 5.76 Å². The van der Waals surface area contributed by atoms with Crippen molar-refractivity contribution in [3.63, 3.8) is 0 Å². The summed E-state index contributed by atoms with van der Waals surface area (Å²) in [6.07, 6.45) is 13.9. The van der Waals surface area contributed by atoms with Gasteiger partial charge >= 0.3 is 23.9 Å². The van der Waals surface area contributed by atoms with Gasteiger partial charge in [-0.1, -0.05) is 230 Å². The summed E-state index contributed by atoms with van der Waals surface area (Å²) in [5.74, 6) is -2.05. The number of cyclic esters (lactones) is 2. The summed E-state index contributed by atoms with van der Waals surface area (Å²) in [5.41, 5.74) is 4.56. The average Bonchev–Trinajstić information content (AvgIpc) is 1.50. The maximum Gasteiger partial charge on any atom is 0.374 e. The van der Waals surface area contributed by atoms with Crippen LogP contribution in [0.25, 0.3) is 0 Å². The van der Waals surface area contributed by atoms with Crippen LogP contribution in [0.3, 0.4) is 0 Å². The molecule has 2 heterocycles. The minimum absolute atomic E-state index is 0.0195. The Hall–Kier alpha value is -9.30. The van der Waals surface area contributed by atoms with Gasteiger partial charge in [0.1, 0.15) is 43.5 Å².